The second-order valence-corrected chi connectivity index (χ2v) is 7.63. The van der Waals surface area contributed by atoms with E-state index >= 15 is 0 Å². The van der Waals surface area contributed by atoms with Crippen LogP contribution in [0.3, 0.4) is 0 Å². The minimum Gasteiger partial charge on any atom is -0.292 e. The highest BCUT2D eigenvalue weighted by atomic mass is 32.1. The lowest BCUT2D eigenvalue weighted by Crippen LogP contribution is -2.41. The van der Waals surface area contributed by atoms with Crippen LogP contribution >= 0.6 is 11.3 Å². The number of aryl methyl sites for hydroxylation is 1. The molecular weight excluding hydrogens is 391 g/mol. The van der Waals surface area contributed by atoms with Gasteiger partial charge in [-0.25, -0.2) is 9.18 Å². The Balaban J connectivity index is 1.77. The molecule has 0 N–H and O–H groups in total. The van der Waals surface area contributed by atoms with E-state index in [4.69, 9.17) is 0 Å². The summed E-state index contributed by atoms with van der Waals surface area (Å²) in [6.45, 7) is -0.00197. The number of fused-ring (bicyclic) bond motifs is 1. The number of hydrogen-bond acceptors (Lipinski definition) is 4. The van der Waals surface area contributed by atoms with Crippen molar-refractivity contribution in [1.29, 1.82) is 0 Å². The Bertz CT molecular complexity index is 1290. The predicted molar refractivity (Wildman–Crippen MR) is 111 cm³/mol. The molecule has 5 nitrogen and oxygen atoms in total. The first kappa shape index (κ1) is 19.0. The average Bonchev–Trinajstić information content (AvgIpc) is 3.25. The van der Waals surface area contributed by atoms with Crippen molar-refractivity contribution in [3.8, 4) is 0 Å². The number of aromatic nitrogens is 2. The standard InChI is InChI=1S/C22H17FN2O3S/c23-16-9-7-15(8-10-16)20(26)14-25-19-6-2-1-5-18(19)21(27)24(22(25)28)12-11-17-4-3-13-29-17/h1-10,13H,11-12,14H2. The van der Waals surface area contributed by atoms with Crippen LogP contribution in [0.25, 0.3) is 10.9 Å². The molecule has 0 unspecified atom stereocenters. The van der Waals surface area contributed by atoms with Crippen molar-refractivity contribution in [2.24, 2.45) is 0 Å². The lowest BCUT2D eigenvalue weighted by molar-refractivity contribution is 0.0971. The molecule has 2 heterocycles. The second-order valence-electron chi connectivity index (χ2n) is 6.60. The third-order valence-corrected chi connectivity index (χ3v) is 5.70. The number of halogens is 1. The van der Waals surface area contributed by atoms with Gasteiger partial charge in [-0.15, -0.1) is 11.3 Å². The van der Waals surface area contributed by atoms with Crippen LogP contribution in [0.15, 0.2) is 75.6 Å². The summed E-state index contributed by atoms with van der Waals surface area (Å²) >= 11 is 1.56. The van der Waals surface area contributed by atoms with Gasteiger partial charge in [0.25, 0.3) is 5.56 Å². The Morgan fingerprint density at radius 1 is 0.931 bits per heavy atom. The number of hydrogen-bond donors (Lipinski definition) is 0. The SMILES string of the molecule is O=C(Cn1c(=O)n(CCc2cccs2)c(=O)c2ccccc21)c1ccc(F)cc1. The van der Waals surface area contributed by atoms with Crippen molar-refractivity contribution < 1.29 is 9.18 Å². The van der Waals surface area contributed by atoms with Gasteiger partial charge >= 0.3 is 5.69 Å². The molecule has 0 aliphatic heterocycles. The first-order chi connectivity index (χ1) is 14.0. The van der Waals surface area contributed by atoms with Crippen LogP contribution < -0.4 is 11.2 Å². The Morgan fingerprint density at radius 2 is 1.69 bits per heavy atom. The molecule has 146 valence electrons. The van der Waals surface area contributed by atoms with Crippen molar-refractivity contribution in [2.75, 3.05) is 0 Å². The number of nitrogens with zero attached hydrogens (tertiary/aromatic N) is 2. The number of rotatable bonds is 6. The lowest BCUT2D eigenvalue weighted by Gasteiger charge is -2.13. The number of carbonyl (C=O) groups excluding carboxylic acids is 1. The molecule has 0 saturated carbocycles. The molecule has 0 bridgehead atoms. The highest BCUT2D eigenvalue weighted by Gasteiger charge is 2.16. The maximum Gasteiger partial charge on any atom is 0.331 e. The van der Waals surface area contributed by atoms with Gasteiger partial charge < -0.3 is 0 Å². The maximum absolute atomic E-state index is 13.1. The molecule has 0 aliphatic rings. The highest BCUT2D eigenvalue weighted by Crippen LogP contribution is 2.12. The van der Waals surface area contributed by atoms with Gasteiger partial charge in [0.1, 0.15) is 5.82 Å². The number of Topliss-reactive ketones (excluding diaryl/α,β-unsaturated/α-hetero) is 1. The average molecular weight is 408 g/mol. The molecule has 4 rings (SSSR count). The Labute approximate surface area is 169 Å². The second kappa shape index (κ2) is 7.97. The number of ketones is 1. The van der Waals surface area contributed by atoms with Crippen LogP contribution in [0.2, 0.25) is 0 Å². The van der Waals surface area contributed by atoms with E-state index in [0.29, 0.717) is 22.9 Å². The van der Waals surface area contributed by atoms with Gasteiger partial charge in [0.05, 0.1) is 17.4 Å². The molecule has 0 aliphatic carbocycles. The van der Waals surface area contributed by atoms with E-state index in [0.717, 1.165) is 4.88 Å². The number of thiophene rings is 1. The van der Waals surface area contributed by atoms with E-state index < -0.39 is 11.5 Å². The van der Waals surface area contributed by atoms with Crippen LogP contribution in [0.1, 0.15) is 15.2 Å². The fourth-order valence-corrected chi connectivity index (χ4v) is 3.97. The quantitative estimate of drug-likeness (QED) is 0.459. The van der Waals surface area contributed by atoms with Crippen LogP contribution in [0.4, 0.5) is 4.39 Å². The van der Waals surface area contributed by atoms with E-state index in [2.05, 4.69) is 0 Å². The van der Waals surface area contributed by atoms with E-state index in [-0.39, 0.29) is 24.4 Å². The van der Waals surface area contributed by atoms with Gasteiger partial charge in [0.2, 0.25) is 0 Å². The summed E-state index contributed by atoms with van der Waals surface area (Å²) in [6, 6.07) is 15.8. The largest absolute Gasteiger partial charge is 0.331 e. The predicted octanol–water partition coefficient (Wildman–Crippen LogP) is 3.49. The number of benzene rings is 2. The summed E-state index contributed by atoms with van der Waals surface area (Å²) in [6.07, 6.45) is 0.553. The molecular formula is C22H17FN2O3S. The van der Waals surface area contributed by atoms with E-state index in [1.807, 2.05) is 17.5 Å². The third kappa shape index (κ3) is 3.82. The van der Waals surface area contributed by atoms with Crippen LogP contribution in [0.5, 0.6) is 0 Å². The summed E-state index contributed by atoms with van der Waals surface area (Å²) in [4.78, 5) is 39.7. The molecule has 0 amide bonds. The van der Waals surface area contributed by atoms with Gasteiger partial charge in [-0.2, -0.15) is 0 Å². The number of para-hydroxylation sites is 1. The Hall–Kier alpha value is -3.32. The van der Waals surface area contributed by atoms with Crippen LogP contribution in [-0.2, 0) is 19.5 Å². The van der Waals surface area contributed by atoms with Gasteiger partial charge in [-0.3, -0.25) is 18.7 Å². The van der Waals surface area contributed by atoms with Crippen molar-refractivity contribution in [2.45, 2.75) is 19.5 Å². The first-order valence-electron chi connectivity index (χ1n) is 9.08. The normalized spacial score (nSPS) is 11.1. The minimum absolute atomic E-state index is 0.230. The Kier molecular flexibility index (Phi) is 5.22. The first-order valence-corrected chi connectivity index (χ1v) is 9.96. The molecule has 0 spiro atoms. The lowest BCUT2D eigenvalue weighted by atomic mass is 10.1. The molecule has 0 saturated heterocycles. The zero-order valence-corrected chi connectivity index (χ0v) is 16.2. The third-order valence-electron chi connectivity index (χ3n) is 4.76. The molecule has 0 fully saturated rings. The topological polar surface area (TPSA) is 61.1 Å². The summed E-state index contributed by atoms with van der Waals surface area (Å²) in [5.74, 6) is -0.771. The van der Waals surface area contributed by atoms with Gasteiger partial charge in [-0.05, 0) is 54.3 Å². The summed E-state index contributed by atoms with van der Waals surface area (Å²) in [5.41, 5.74) is -0.183. The Morgan fingerprint density at radius 3 is 2.41 bits per heavy atom. The van der Waals surface area contributed by atoms with Crippen molar-refractivity contribution in [1.82, 2.24) is 9.13 Å². The highest BCUT2D eigenvalue weighted by molar-refractivity contribution is 7.09. The van der Waals surface area contributed by atoms with Gasteiger partial charge in [-0.1, -0.05) is 18.2 Å². The van der Waals surface area contributed by atoms with Gasteiger partial charge in [0.15, 0.2) is 5.78 Å². The summed E-state index contributed by atoms with van der Waals surface area (Å²) in [5, 5.41) is 2.32. The van der Waals surface area contributed by atoms with Gasteiger partial charge in [0, 0.05) is 17.0 Å². The van der Waals surface area contributed by atoms with E-state index in [9.17, 15) is 18.8 Å². The fourth-order valence-electron chi connectivity index (χ4n) is 3.27. The van der Waals surface area contributed by atoms with Crippen LogP contribution in [0, 0.1) is 5.82 Å². The molecule has 0 atom stereocenters. The fraction of sp³-hybridized carbons (Fsp3) is 0.136. The number of carbonyl (C=O) groups is 1. The smallest absolute Gasteiger partial charge is 0.292 e. The zero-order chi connectivity index (χ0) is 20.4. The van der Waals surface area contributed by atoms with Crippen LogP contribution in [-0.4, -0.2) is 14.9 Å². The summed E-state index contributed by atoms with van der Waals surface area (Å²) < 4.78 is 15.6. The molecule has 29 heavy (non-hydrogen) atoms. The van der Waals surface area contributed by atoms with Crippen molar-refractivity contribution in [3.63, 3.8) is 0 Å². The maximum atomic E-state index is 13.1. The van der Waals surface area contributed by atoms with E-state index in [1.165, 1.54) is 33.4 Å². The summed E-state index contributed by atoms with van der Waals surface area (Å²) in [7, 11) is 0. The molecule has 4 aromatic rings. The van der Waals surface area contributed by atoms with Crippen molar-refractivity contribution >= 4 is 28.0 Å². The van der Waals surface area contributed by atoms with Crippen molar-refractivity contribution in [3.05, 3.63) is 103 Å². The zero-order valence-electron chi connectivity index (χ0n) is 15.4. The van der Waals surface area contributed by atoms with E-state index in [1.54, 1.807) is 35.6 Å². The molecule has 2 aromatic carbocycles. The molecule has 2 aromatic heterocycles. The molecule has 0 radical (unpaired) electrons. The monoisotopic (exact) mass is 408 g/mol. The minimum atomic E-state index is -0.527. The molecule has 7 heteroatoms.